The maximum absolute atomic E-state index is 8.86. The predicted octanol–water partition coefficient (Wildman–Crippen LogP) is 1.98. The number of hydrogen-bond acceptors (Lipinski definition) is 1. The van der Waals surface area contributed by atoms with Gasteiger partial charge in [0.05, 0.1) is 0 Å². The summed E-state index contributed by atoms with van der Waals surface area (Å²) >= 11 is 0. The summed E-state index contributed by atoms with van der Waals surface area (Å²) < 4.78 is 0. The van der Waals surface area contributed by atoms with E-state index < -0.39 is 10.0 Å². The Labute approximate surface area is 51.0 Å². The Bertz CT molecular complexity index is 156. The maximum atomic E-state index is 8.86. The van der Waals surface area contributed by atoms with Crippen molar-refractivity contribution in [2.45, 2.75) is 0 Å². The zero-order chi connectivity index (χ0) is 6.20. The molecule has 1 N–H and O–H groups in total. The first-order valence-corrected chi connectivity index (χ1v) is 5.00. The summed E-state index contributed by atoms with van der Waals surface area (Å²) in [7, 11) is -0.688. The number of rotatable bonds is 0. The van der Waals surface area contributed by atoms with Crippen molar-refractivity contribution in [3.8, 4) is 0 Å². The summed E-state index contributed by atoms with van der Waals surface area (Å²) in [6.45, 7) is 0. The van der Waals surface area contributed by atoms with Crippen LogP contribution in [0.25, 0.3) is 0 Å². The summed E-state index contributed by atoms with van der Waals surface area (Å²) in [5.41, 5.74) is 0. The molecule has 0 bridgehead atoms. The lowest BCUT2D eigenvalue weighted by molar-refractivity contribution is 0.435. The first-order chi connectivity index (χ1) is 3.60. The molecule has 46 valence electrons. The lowest BCUT2D eigenvalue weighted by Gasteiger charge is -2.16. The fraction of sp³-hybridized carbons (Fsp3) is 0.333. The molecule has 1 heterocycles. The Kier molecular flexibility index (Phi) is 1.12. The third kappa shape index (κ3) is 1.07. The predicted molar refractivity (Wildman–Crippen MR) is 39.3 cm³/mol. The zero-order valence-corrected chi connectivity index (χ0v) is 5.90. The Hall–Kier alpha value is -0.370. The van der Waals surface area contributed by atoms with Gasteiger partial charge in [-0.05, 0) is 29.4 Å². The third-order valence-corrected chi connectivity index (χ3v) is 2.70. The summed E-state index contributed by atoms with van der Waals surface area (Å²) in [6.07, 6.45) is 6.02. The maximum Gasteiger partial charge on any atom is 0.121 e. The van der Waals surface area contributed by atoms with Gasteiger partial charge in [-0.25, -0.2) is 10.0 Å². The summed E-state index contributed by atoms with van der Waals surface area (Å²) in [4.78, 5) is 0. The van der Waals surface area contributed by atoms with Crippen molar-refractivity contribution in [2.24, 2.45) is 0 Å². The van der Waals surface area contributed by atoms with Crippen molar-refractivity contribution in [3.63, 3.8) is 0 Å². The van der Waals surface area contributed by atoms with Gasteiger partial charge in [-0.3, -0.25) is 0 Å². The molecule has 0 amide bonds. The van der Waals surface area contributed by atoms with Crippen LogP contribution in [0.2, 0.25) is 0 Å². The van der Waals surface area contributed by atoms with Crippen molar-refractivity contribution in [3.05, 3.63) is 22.7 Å². The van der Waals surface area contributed by atoms with Crippen molar-refractivity contribution in [1.29, 1.82) is 0 Å². The molecule has 0 saturated carbocycles. The normalized spacial score (nSPS) is 27.5. The van der Waals surface area contributed by atoms with Crippen LogP contribution in [-0.2, 0) is 0 Å². The van der Waals surface area contributed by atoms with Gasteiger partial charge in [-0.2, -0.15) is 0 Å². The van der Waals surface area contributed by atoms with Crippen molar-refractivity contribution >= 4 is 10.0 Å². The molecule has 0 atom stereocenters. The van der Waals surface area contributed by atoms with Gasteiger partial charge in [0.2, 0.25) is 0 Å². The molecule has 1 rings (SSSR count). The molecule has 0 spiro atoms. The van der Waals surface area contributed by atoms with Crippen LogP contribution in [0.15, 0.2) is 22.7 Å². The smallest absolute Gasteiger partial charge is 0.121 e. The van der Waals surface area contributed by atoms with E-state index in [1.54, 1.807) is 6.08 Å². The standard InChI is InChI=1S/C6H10OS/c1-8(2)4-3-6(7)5-8/h3-5,7H,1-2H3. The van der Waals surface area contributed by atoms with Crippen LogP contribution in [-0.4, -0.2) is 17.6 Å². The van der Waals surface area contributed by atoms with Crippen LogP contribution < -0.4 is 0 Å². The molecule has 0 unspecified atom stereocenters. The molecular formula is C6H10OS. The SMILES string of the molecule is CS1(C)C=CC(O)=C1. The average Bonchev–Trinajstić information content (AvgIpc) is 1.82. The van der Waals surface area contributed by atoms with E-state index in [2.05, 4.69) is 17.9 Å². The number of allylic oxidation sites excluding steroid dienone is 1. The van der Waals surface area contributed by atoms with Gasteiger partial charge in [0.25, 0.3) is 0 Å². The van der Waals surface area contributed by atoms with E-state index in [4.69, 9.17) is 5.11 Å². The molecule has 8 heavy (non-hydrogen) atoms. The second-order valence-electron chi connectivity index (χ2n) is 2.33. The number of aliphatic hydroxyl groups is 1. The third-order valence-electron chi connectivity index (χ3n) is 1.01. The fourth-order valence-electron chi connectivity index (χ4n) is 0.635. The van der Waals surface area contributed by atoms with E-state index >= 15 is 0 Å². The van der Waals surface area contributed by atoms with Crippen LogP contribution in [0, 0.1) is 0 Å². The number of hydrogen-bond donors (Lipinski definition) is 1. The Morgan fingerprint density at radius 2 is 2.12 bits per heavy atom. The summed E-state index contributed by atoms with van der Waals surface area (Å²) in [5.74, 6) is 0.421. The molecule has 0 radical (unpaired) electrons. The van der Waals surface area contributed by atoms with Crippen molar-refractivity contribution in [1.82, 2.24) is 0 Å². The second-order valence-corrected chi connectivity index (χ2v) is 5.81. The first kappa shape index (κ1) is 5.76. The molecule has 0 aromatic carbocycles. The second kappa shape index (κ2) is 1.55. The van der Waals surface area contributed by atoms with Crippen LogP contribution in [0.3, 0.4) is 0 Å². The van der Waals surface area contributed by atoms with Gasteiger partial charge in [0, 0.05) is 0 Å². The molecule has 0 aliphatic carbocycles. The van der Waals surface area contributed by atoms with Gasteiger partial charge in [0.15, 0.2) is 0 Å². The summed E-state index contributed by atoms with van der Waals surface area (Å²) in [5, 5.41) is 12.8. The van der Waals surface area contributed by atoms with E-state index in [1.165, 1.54) is 0 Å². The highest BCUT2D eigenvalue weighted by Crippen LogP contribution is 2.47. The lowest BCUT2D eigenvalue weighted by atomic mass is 10.6. The molecule has 0 fully saturated rings. The van der Waals surface area contributed by atoms with Crippen molar-refractivity contribution in [2.75, 3.05) is 12.5 Å². The minimum absolute atomic E-state index is 0.421. The minimum Gasteiger partial charge on any atom is -0.507 e. The molecule has 2 heteroatoms. The van der Waals surface area contributed by atoms with Gasteiger partial charge in [0.1, 0.15) is 5.76 Å². The minimum atomic E-state index is -0.688. The molecule has 1 nitrogen and oxygen atoms in total. The highest BCUT2D eigenvalue weighted by molar-refractivity contribution is 8.37. The number of aliphatic hydroxyl groups excluding tert-OH is 1. The highest BCUT2D eigenvalue weighted by atomic mass is 32.3. The largest absolute Gasteiger partial charge is 0.507 e. The Morgan fingerprint density at radius 1 is 1.50 bits per heavy atom. The molecule has 0 aromatic heterocycles. The van der Waals surface area contributed by atoms with Crippen LogP contribution >= 0.6 is 10.0 Å². The van der Waals surface area contributed by atoms with Gasteiger partial charge >= 0.3 is 0 Å². The first-order valence-electron chi connectivity index (χ1n) is 2.42. The van der Waals surface area contributed by atoms with Gasteiger partial charge in [-0.15, -0.1) is 0 Å². The molecule has 1 aliphatic rings. The van der Waals surface area contributed by atoms with E-state index in [1.807, 2.05) is 5.41 Å². The molecule has 0 aromatic rings. The molecular weight excluding hydrogens is 120 g/mol. The van der Waals surface area contributed by atoms with Crippen molar-refractivity contribution < 1.29 is 5.11 Å². The van der Waals surface area contributed by atoms with Gasteiger partial charge < -0.3 is 5.11 Å². The van der Waals surface area contributed by atoms with E-state index in [9.17, 15) is 0 Å². The molecule has 1 aliphatic heterocycles. The monoisotopic (exact) mass is 130 g/mol. The topological polar surface area (TPSA) is 20.2 Å². The Morgan fingerprint density at radius 3 is 2.25 bits per heavy atom. The van der Waals surface area contributed by atoms with Gasteiger partial charge in [-0.1, -0.05) is 0 Å². The van der Waals surface area contributed by atoms with E-state index in [-0.39, 0.29) is 0 Å². The lowest BCUT2D eigenvalue weighted by Crippen LogP contribution is -1.78. The van der Waals surface area contributed by atoms with E-state index in [0.29, 0.717) is 5.76 Å². The zero-order valence-electron chi connectivity index (χ0n) is 5.09. The Balaban J connectivity index is 2.84. The van der Waals surface area contributed by atoms with Crippen LogP contribution in [0.5, 0.6) is 0 Å². The van der Waals surface area contributed by atoms with Crippen LogP contribution in [0.1, 0.15) is 0 Å². The highest BCUT2D eigenvalue weighted by Gasteiger charge is 2.09. The molecule has 0 saturated heterocycles. The quantitative estimate of drug-likeness (QED) is 0.531. The average molecular weight is 130 g/mol. The van der Waals surface area contributed by atoms with E-state index in [0.717, 1.165) is 0 Å². The summed E-state index contributed by atoms with van der Waals surface area (Å²) in [6, 6.07) is 0. The fourth-order valence-corrected chi connectivity index (χ4v) is 1.90. The van der Waals surface area contributed by atoms with Crippen LogP contribution in [0.4, 0.5) is 0 Å².